The number of hydrogen-bond acceptors (Lipinski definition) is 6. The molecule has 2 fully saturated rings. The number of aromatic amines is 1. The van der Waals surface area contributed by atoms with Gasteiger partial charge in [0.2, 0.25) is 0 Å². The Morgan fingerprint density at radius 2 is 2.03 bits per heavy atom. The molecule has 0 bridgehead atoms. The normalized spacial score (nSPS) is 19.7. The van der Waals surface area contributed by atoms with Crippen LogP contribution < -0.4 is 5.56 Å². The molecule has 1 aliphatic heterocycles. The van der Waals surface area contributed by atoms with Crippen LogP contribution in [0.5, 0.6) is 0 Å². The first-order valence-electron chi connectivity index (χ1n) is 11.4. The number of aryl methyl sites for hydroxylation is 1. The number of hydrogen-bond donors (Lipinski definition) is 1. The molecule has 1 aromatic carbocycles. The van der Waals surface area contributed by atoms with Gasteiger partial charge in [0.05, 0.1) is 19.2 Å². The predicted molar refractivity (Wildman–Crippen MR) is 118 cm³/mol. The summed E-state index contributed by atoms with van der Waals surface area (Å²) in [6, 6.07) is 8.61. The monoisotopic (exact) mass is 422 g/mol. The summed E-state index contributed by atoms with van der Waals surface area (Å²) in [5.74, 6) is 0.843. The number of fused-ring (bicyclic) bond motifs is 1. The first kappa shape index (κ1) is 20.3. The quantitative estimate of drug-likeness (QED) is 0.630. The highest BCUT2D eigenvalue weighted by Crippen LogP contribution is 2.26. The molecule has 0 amide bonds. The third-order valence-corrected chi connectivity index (χ3v) is 6.64. The number of nitrogens with zero attached hydrogens (tertiary/aromatic N) is 5. The molecule has 8 heteroatoms. The second-order valence-corrected chi connectivity index (χ2v) is 8.97. The van der Waals surface area contributed by atoms with E-state index in [4.69, 9.17) is 4.74 Å². The van der Waals surface area contributed by atoms with E-state index in [0.717, 1.165) is 54.6 Å². The molecule has 1 N–H and O–H groups in total. The summed E-state index contributed by atoms with van der Waals surface area (Å²) in [5.41, 5.74) is 2.85. The maximum absolute atomic E-state index is 12.8. The Kier molecular flexibility index (Phi) is 5.82. The summed E-state index contributed by atoms with van der Waals surface area (Å²) in [6.07, 6.45) is 7.10. The molecule has 1 saturated carbocycles. The maximum atomic E-state index is 12.8. The van der Waals surface area contributed by atoms with Crippen molar-refractivity contribution in [3.63, 3.8) is 0 Å². The largest absolute Gasteiger partial charge is 0.376 e. The van der Waals surface area contributed by atoms with E-state index in [-0.39, 0.29) is 11.7 Å². The van der Waals surface area contributed by atoms with Crippen LogP contribution in [0, 0.1) is 6.92 Å². The second kappa shape index (κ2) is 8.88. The van der Waals surface area contributed by atoms with Crippen LogP contribution in [0.3, 0.4) is 0 Å². The van der Waals surface area contributed by atoms with Gasteiger partial charge >= 0.3 is 0 Å². The molecule has 5 rings (SSSR count). The molecule has 164 valence electrons. The molecule has 2 aliphatic rings. The number of benzene rings is 1. The molecule has 2 aromatic heterocycles. The van der Waals surface area contributed by atoms with Gasteiger partial charge in [-0.05, 0) is 66.6 Å². The van der Waals surface area contributed by atoms with Crippen molar-refractivity contribution in [3.8, 4) is 0 Å². The van der Waals surface area contributed by atoms with Crippen molar-refractivity contribution in [1.29, 1.82) is 0 Å². The number of pyridine rings is 1. The fourth-order valence-corrected chi connectivity index (χ4v) is 4.93. The molecule has 1 saturated heterocycles. The predicted octanol–water partition coefficient (Wildman–Crippen LogP) is 2.95. The number of ether oxygens (including phenoxy) is 1. The number of tetrazole rings is 1. The minimum absolute atomic E-state index is 0.0155. The van der Waals surface area contributed by atoms with Gasteiger partial charge in [-0.25, -0.2) is 4.68 Å². The van der Waals surface area contributed by atoms with E-state index in [2.05, 4.69) is 38.4 Å². The Morgan fingerprint density at radius 1 is 1.16 bits per heavy atom. The lowest BCUT2D eigenvalue weighted by Crippen LogP contribution is -2.35. The van der Waals surface area contributed by atoms with E-state index in [0.29, 0.717) is 25.7 Å². The molecule has 8 nitrogen and oxygen atoms in total. The molecule has 31 heavy (non-hydrogen) atoms. The lowest BCUT2D eigenvalue weighted by atomic mass is 10.1. The molecule has 3 aromatic rings. The van der Waals surface area contributed by atoms with Gasteiger partial charge in [0, 0.05) is 30.3 Å². The van der Waals surface area contributed by atoms with Crippen molar-refractivity contribution in [3.05, 3.63) is 51.6 Å². The third kappa shape index (κ3) is 4.55. The Bertz CT molecular complexity index is 1090. The highest BCUT2D eigenvalue weighted by Gasteiger charge is 2.26. The van der Waals surface area contributed by atoms with Gasteiger partial charge in [0.15, 0.2) is 5.82 Å². The van der Waals surface area contributed by atoms with Crippen molar-refractivity contribution in [1.82, 2.24) is 30.1 Å². The van der Waals surface area contributed by atoms with E-state index in [1.54, 1.807) is 0 Å². The zero-order valence-corrected chi connectivity index (χ0v) is 18.1. The fraction of sp³-hybridized carbons (Fsp3) is 0.565. The van der Waals surface area contributed by atoms with Crippen LogP contribution in [-0.4, -0.2) is 48.8 Å². The molecule has 1 atom stereocenters. The minimum Gasteiger partial charge on any atom is -0.376 e. The average molecular weight is 423 g/mol. The molecular formula is C23H30N6O2. The number of nitrogens with one attached hydrogen (secondary N) is 1. The van der Waals surface area contributed by atoms with Crippen LogP contribution in [0.4, 0.5) is 0 Å². The highest BCUT2D eigenvalue weighted by atomic mass is 16.5. The van der Waals surface area contributed by atoms with E-state index in [9.17, 15) is 4.79 Å². The van der Waals surface area contributed by atoms with Crippen LogP contribution >= 0.6 is 0 Å². The molecule has 0 unspecified atom stereocenters. The zero-order valence-electron chi connectivity index (χ0n) is 18.1. The van der Waals surface area contributed by atoms with Crippen molar-refractivity contribution in [2.24, 2.45) is 0 Å². The minimum atomic E-state index is -0.0155. The van der Waals surface area contributed by atoms with Crippen LogP contribution in [0.25, 0.3) is 10.9 Å². The van der Waals surface area contributed by atoms with E-state index < -0.39 is 0 Å². The average Bonchev–Trinajstić information content (AvgIpc) is 3.52. The van der Waals surface area contributed by atoms with Gasteiger partial charge in [-0.2, -0.15) is 0 Å². The Balaban J connectivity index is 1.40. The summed E-state index contributed by atoms with van der Waals surface area (Å²) in [7, 11) is 0. The number of aromatic nitrogens is 5. The summed E-state index contributed by atoms with van der Waals surface area (Å²) < 4.78 is 7.65. The van der Waals surface area contributed by atoms with Crippen LogP contribution in [-0.2, 0) is 24.4 Å². The van der Waals surface area contributed by atoms with E-state index >= 15 is 0 Å². The van der Waals surface area contributed by atoms with Crippen molar-refractivity contribution >= 4 is 10.9 Å². The van der Waals surface area contributed by atoms with Gasteiger partial charge < -0.3 is 9.72 Å². The molecule has 3 heterocycles. The summed E-state index contributed by atoms with van der Waals surface area (Å²) in [5, 5.41) is 13.5. The fourth-order valence-electron chi connectivity index (χ4n) is 4.93. The lowest BCUT2D eigenvalue weighted by Gasteiger charge is -2.28. The van der Waals surface area contributed by atoms with Crippen LogP contribution in [0.1, 0.15) is 55.5 Å². The van der Waals surface area contributed by atoms with Gasteiger partial charge in [-0.15, -0.1) is 5.10 Å². The first-order valence-corrected chi connectivity index (χ1v) is 11.4. The Labute approximate surface area is 181 Å². The van der Waals surface area contributed by atoms with Gasteiger partial charge in [-0.3, -0.25) is 9.69 Å². The molecule has 0 radical (unpaired) electrons. The SMILES string of the molecule is Cc1ccc2[nH]c(=O)c(CN(Cc3nnnn3C[C@H]3CCCO3)C3CCCC3)cc2c1. The van der Waals surface area contributed by atoms with Gasteiger partial charge in [-0.1, -0.05) is 24.5 Å². The van der Waals surface area contributed by atoms with Crippen molar-refractivity contribution < 1.29 is 4.74 Å². The van der Waals surface area contributed by atoms with Crippen molar-refractivity contribution in [2.45, 2.75) is 77.2 Å². The van der Waals surface area contributed by atoms with Crippen LogP contribution in [0.15, 0.2) is 29.1 Å². The molecule has 1 aliphatic carbocycles. The summed E-state index contributed by atoms with van der Waals surface area (Å²) in [4.78, 5) is 18.3. The smallest absolute Gasteiger partial charge is 0.252 e. The molecule has 0 spiro atoms. The first-order chi connectivity index (χ1) is 15.2. The lowest BCUT2D eigenvalue weighted by molar-refractivity contribution is 0.0906. The standard InChI is InChI=1S/C23H30N6O2/c1-16-8-9-21-17(11-16)12-18(23(30)24-21)13-28(19-5-2-3-6-19)15-22-25-26-27-29(22)14-20-7-4-10-31-20/h8-9,11-12,19-20H,2-7,10,13-15H2,1H3,(H,24,30)/t20-/m1/s1. The number of H-pyrrole nitrogens is 1. The van der Waals surface area contributed by atoms with Crippen LogP contribution in [0.2, 0.25) is 0 Å². The topological polar surface area (TPSA) is 88.9 Å². The van der Waals surface area contributed by atoms with Crippen molar-refractivity contribution in [2.75, 3.05) is 6.61 Å². The summed E-state index contributed by atoms with van der Waals surface area (Å²) in [6.45, 7) is 4.81. The molecular weight excluding hydrogens is 392 g/mol. The maximum Gasteiger partial charge on any atom is 0.252 e. The second-order valence-electron chi connectivity index (χ2n) is 8.97. The third-order valence-electron chi connectivity index (χ3n) is 6.64. The Hall–Kier alpha value is -2.58. The van der Waals surface area contributed by atoms with E-state index in [1.807, 2.05) is 22.9 Å². The zero-order chi connectivity index (χ0) is 21.2. The van der Waals surface area contributed by atoms with E-state index in [1.165, 1.54) is 18.4 Å². The summed E-state index contributed by atoms with van der Waals surface area (Å²) >= 11 is 0. The highest BCUT2D eigenvalue weighted by molar-refractivity contribution is 5.79. The Morgan fingerprint density at radius 3 is 2.84 bits per heavy atom. The van der Waals surface area contributed by atoms with Gasteiger partial charge in [0.25, 0.3) is 5.56 Å². The van der Waals surface area contributed by atoms with Gasteiger partial charge in [0.1, 0.15) is 0 Å². The number of rotatable bonds is 7.